The number of cyclic esters (lactones) is 1. The van der Waals surface area contributed by atoms with Crippen LogP contribution >= 0.6 is 0 Å². The van der Waals surface area contributed by atoms with E-state index in [-0.39, 0.29) is 37.3 Å². The van der Waals surface area contributed by atoms with E-state index < -0.39 is 66.8 Å². The van der Waals surface area contributed by atoms with Gasteiger partial charge >= 0.3 is 5.97 Å². The number of aromatic hydroxyl groups is 1. The van der Waals surface area contributed by atoms with Crippen LogP contribution in [-0.2, 0) is 28.5 Å². The minimum atomic E-state index is -1.44. The number of phenols is 1. The minimum Gasteiger partial charge on any atom is -0.502 e. The molecule has 0 spiro atoms. The van der Waals surface area contributed by atoms with Gasteiger partial charge in [-0.15, -0.1) is 0 Å². The summed E-state index contributed by atoms with van der Waals surface area (Å²) in [5.74, 6) is -1.02. The summed E-state index contributed by atoms with van der Waals surface area (Å²) in [6.45, 7) is 1.93. The Morgan fingerprint density at radius 2 is 1.57 bits per heavy atom. The molecular weight excluding hydrogens is 556 g/mol. The fourth-order valence-electron chi connectivity index (χ4n) is 6.74. The number of aliphatic hydroxyl groups is 2. The molecule has 226 valence electrons. The maximum Gasteiger partial charge on any atom is 0.310 e. The molecule has 2 aromatic rings. The number of fused-ring (bicyclic) bond motifs is 4. The van der Waals surface area contributed by atoms with E-state index in [9.17, 15) is 20.1 Å². The first-order valence-corrected chi connectivity index (χ1v) is 13.8. The number of methoxy groups -OCH3 is 2. The molecule has 0 unspecified atom stereocenters. The Bertz CT molecular complexity index is 1350. The third kappa shape index (κ3) is 4.26. The van der Waals surface area contributed by atoms with E-state index in [1.54, 1.807) is 31.2 Å². The van der Waals surface area contributed by atoms with Crippen LogP contribution in [0.15, 0.2) is 24.3 Å². The van der Waals surface area contributed by atoms with Crippen molar-refractivity contribution >= 4 is 5.97 Å². The largest absolute Gasteiger partial charge is 0.502 e. The Balaban J connectivity index is 1.32. The molecule has 3 saturated heterocycles. The van der Waals surface area contributed by atoms with Gasteiger partial charge in [-0.25, -0.2) is 0 Å². The Morgan fingerprint density at radius 1 is 0.881 bits per heavy atom. The van der Waals surface area contributed by atoms with Gasteiger partial charge in [0.2, 0.25) is 12.5 Å². The first-order chi connectivity index (χ1) is 20.3. The zero-order valence-electron chi connectivity index (χ0n) is 23.1. The normalized spacial score (nSPS) is 36.5. The quantitative estimate of drug-likeness (QED) is 0.430. The Labute approximate surface area is 240 Å². The number of hydrogen-bond donors (Lipinski definition) is 3. The fourth-order valence-corrected chi connectivity index (χ4v) is 6.74. The van der Waals surface area contributed by atoms with Crippen LogP contribution < -0.4 is 18.9 Å². The lowest BCUT2D eigenvalue weighted by molar-refractivity contribution is -0.364. The van der Waals surface area contributed by atoms with Gasteiger partial charge in [0, 0.05) is 11.8 Å². The van der Waals surface area contributed by atoms with E-state index in [0.717, 1.165) is 0 Å². The second-order valence-electron chi connectivity index (χ2n) is 11.0. The van der Waals surface area contributed by atoms with Gasteiger partial charge in [-0.2, -0.15) is 0 Å². The molecule has 42 heavy (non-hydrogen) atoms. The minimum absolute atomic E-state index is 0.0301. The van der Waals surface area contributed by atoms with Gasteiger partial charge in [0.25, 0.3) is 0 Å². The highest BCUT2D eigenvalue weighted by atomic mass is 16.8. The Hall–Kier alpha value is -3.33. The molecule has 0 bridgehead atoms. The van der Waals surface area contributed by atoms with Crippen LogP contribution in [0.5, 0.6) is 28.7 Å². The molecule has 2 aromatic carbocycles. The highest BCUT2D eigenvalue weighted by Gasteiger charge is 2.56. The molecule has 4 aliphatic heterocycles. The summed E-state index contributed by atoms with van der Waals surface area (Å²) in [5.41, 5.74) is 2.01. The maximum atomic E-state index is 13.4. The molecule has 1 aliphatic carbocycles. The average Bonchev–Trinajstić information content (AvgIpc) is 3.61. The average molecular weight is 589 g/mol. The maximum absolute atomic E-state index is 13.4. The summed E-state index contributed by atoms with van der Waals surface area (Å²) in [5, 5.41) is 32.5. The molecule has 0 radical (unpaired) electrons. The molecule has 0 saturated carbocycles. The van der Waals surface area contributed by atoms with Crippen LogP contribution in [0.1, 0.15) is 35.6 Å². The van der Waals surface area contributed by atoms with Gasteiger partial charge in [0.1, 0.15) is 24.4 Å². The lowest BCUT2D eigenvalue weighted by Crippen LogP contribution is -2.63. The van der Waals surface area contributed by atoms with Gasteiger partial charge in [0.15, 0.2) is 35.6 Å². The number of rotatable bonds is 5. The fraction of sp³-hybridized carbons (Fsp3) is 0.552. The predicted molar refractivity (Wildman–Crippen MR) is 138 cm³/mol. The number of carbonyl (C=O) groups excluding carboxylic acids is 1. The van der Waals surface area contributed by atoms with Crippen LogP contribution in [0.2, 0.25) is 0 Å². The number of hydrogen-bond acceptors (Lipinski definition) is 13. The second-order valence-corrected chi connectivity index (χ2v) is 11.0. The third-order valence-corrected chi connectivity index (χ3v) is 8.75. The van der Waals surface area contributed by atoms with Gasteiger partial charge in [-0.1, -0.05) is 0 Å². The zero-order chi connectivity index (χ0) is 29.3. The van der Waals surface area contributed by atoms with E-state index in [4.69, 9.17) is 42.6 Å². The van der Waals surface area contributed by atoms with Crippen LogP contribution in [0.25, 0.3) is 0 Å². The molecule has 13 nitrogen and oxygen atoms in total. The van der Waals surface area contributed by atoms with E-state index >= 15 is 0 Å². The summed E-state index contributed by atoms with van der Waals surface area (Å²) in [6, 6.07) is 6.93. The van der Waals surface area contributed by atoms with Crippen LogP contribution in [0.3, 0.4) is 0 Å². The number of benzene rings is 2. The molecule has 0 aromatic heterocycles. The zero-order valence-corrected chi connectivity index (χ0v) is 23.1. The first-order valence-electron chi connectivity index (χ1n) is 13.8. The van der Waals surface area contributed by atoms with Crippen LogP contribution in [0.4, 0.5) is 0 Å². The third-order valence-electron chi connectivity index (χ3n) is 8.75. The molecular formula is C29H32O13. The van der Waals surface area contributed by atoms with Gasteiger partial charge in [0.05, 0.1) is 39.5 Å². The van der Waals surface area contributed by atoms with Crippen molar-refractivity contribution in [1.82, 2.24) is 0 Å². The standard InChI is InChI=1S/C29H32O13/c1-11-36-9-20-27(40-11)24(31)25(32)29(41-20)42-26-14-7-17-16(38-10-39-17)6-13(14)21(22-15(26)8-37-28(22)33)12-4-18(34-2)23(30)19(5-12)35-3/h4-7,11,15,20-22,24-27,29-32H,8-10H2,1-3H3/t11-,15-,20+,21+,22+,24-,25+,26-,27+,29-/m0/s1. The number of ether oxygens (including phenoxy) is 9. The van der Waals surface area contributed by atoms with Crippen molar-refractivity contribution in [2.45, 2.75) is 55.9 Å². The molecule has 3 fully saturated rings. The SMILES string of the molecule is COc1cc([C@@H]2c3cc4c(cc3[C@H](O[C@@H]3O[C@@H]5CO[C@H](C)O[C@H]5[C@@H](O)[C@H]3O)[C@H]3COC(=O)[C@@H]23)OCO4)cc(OC)c1O. The van der Waals surface area contributed by atoms with Gasteiger partial charge < -0.3 is 58.0 Å². The first kappa shape index (κ1) is 27.5. The molecule has 4 heterocycles. The van der Waals surface area contributed by atoms with Crippen molar-refractivity contribution in [3.05, 3.63) is 41.0 Å². The Morgan fingerprint density at radius 3 is 2.26 bits per heavy atom. The summed E-state index contributed by atoms with van der Waals surface area (Å²) in [4.78, 5) is 13.4. The van der Waals surface area contributed by atoms with Crippen LogP contribution in [-0.4, -0.2) is 92.5 Å². The molecule has 3 N–H and O–H groups in total. The van der Waals surface area contributed by atoms with E-state index in [1.165, 1.54) is 14.2 Å². The Kier molecular flexibility index (Phi) is 6.83. The van der Waals surface area contributed by atoms with Crippen molar-refractivity contribution in [1.29, 1.82) is 0 Å². The van der Waals surface area contributed by atoms with Crippen molar-refractivity contribution in [3.63, 3.8) is 0 Å². The molecule has 10 atom stereocenters. The van der Waals surface area contributed by atoms with Crippen molar-refractivity contribution in [3.8, 4) is 28.7 Å². The highest BCUT2D eigenvalue weighted by Crippen LogP contribution is 2.57. The highest BCUT2D eigenvalue weighted by molar-refractivity contribution is 5.79. The summed E-state index contributed by atoms with van der Waals surface area (Å²) in [6.07, 6.45) is -6.80. The number of aliphatic hydroxyl groups excluding tert-OH is 2. The van der Waals surface area contributed by atoms with E-state index in [2.05, 4.69) is 0 Å². The monoisotopic (exact) mass is 588 g/mol. The van der Waals surface area contributed by atoms with Gasteiger partial charge in [-0.3, -0.25) is 4.79 Å². The second kappa shape index (κ2) is 10.4. The van der Waals surface area contributed by atoms with E-state index in [1.807, 2.05) is 0 Å². The number of phenolic OH excluding ortho intramolecular Hbond substituents is 1. The number of esters is 1. The summed E-state index contributed by atoms with van der Waals surface area (Å²) < 4.78 is 51.5. The van der Waals surface area contributed by atoms with Gasteiger partial charge in [-0.05, 0) is 47.9 Å². The number of carbonyl (C=O) groups is 1. The molecule has 13 heteroatoms. The molecule has 0 amide bonds. The lowest BCUT2D eigenvalue weighted by atomic mass is 9.66. The summed E-state index contributed by atoms with van der Waals surface area (Å²) in [7, 11) is 2.86. The smallest absolute Gasteiger partial charge is 0.310 e. The van der Waals surface area contributed by atoms with Crippen LogP contribution in [0, 0.1) is 11.8 Å². The topological polar surface area (TPSA) is 161 Å². The van der Waals surface area contributed by atoms with Crippen molar-refractivity contribution in [2.24, 2.45) is 11.8 Å². The predicted octanol–water partition coefficient (Wildman–Crippen LogP) is 1.34. The van der Waals surface area contributed by atoms with Crippen molar-refractivity contribution in [2.75, 3.05) is 34.2 Å². The molecule has 5 aliphatic rings. The van der Waals surface area contributed by atoms with Crippen molar-refractivity contribution < 1.29 is 62.7 Å². The lowest BCUT2D eigenvalue weighted by Gasteiger charge is -2.47. The summed E-state index contributed by atoms with van der Waals surface area (Å²) >= 11 is 0. The molecule has 7 rings (SSSR count). The van der Waals surface area contributed by atoms with E-state index in [0.29, 0.717) is 28.2 Å².